The molecule has 9 nitrogen and oxygen atoms in total. The summed E-state index contributed by atoms with van der Waals surface area (Å²) in [4.78, 5) is 48.1. The molecule has 0 saturated heterocycles. The largest absolute Gasteiger partial charge is 0.480 e. The molecule has 3 amide bonds. The van der Waals surface area contributed by atoms with Crippen molar-refractivity contribution in [2.24, 2.45) is 23.5 Å². The van der Waals surface area contributed by atoms with Crippen LogP contribution in [0, 0.1) is 17.8 Å². The first kappa shape index (κ1) is 25.8. The van der Waals surface area contributed by atoms with E-state index in [4.69, 9.17) is 5.73 Å². The summed E-state index contributed by atoms with van der Waals surface area (Å²) in [6, 6.07) is -2.66. The summed E-state index contributed by atoms with van der Waals surface area (Å²) in [5.41, 5.74) is 5.72. The molecular weight excluding hydrogens is 364 g/mol. The molecule has 4 unspecified atom stereocenters. The van der Waals surface area contributed by atoms with Crippen molar-refractivity contribution in [3.63, 3.8) is 0 Å². The Balaban J connectivity index is 4.97. The third-order valence-corrected chi connectivity index (χ3v) is 4.58. The second kappa shape index (κ2) is 12.3. The van der Waals surface area contributed by atoms with Crippen LogP contribution in [-0.2, 0) is 19.2 Å². The van der Waals surface area contributed by atoms with Gasteiger partial charge < -0.3 is 26.8 Å². The van der Waals surface area contributed by atoms with E-state index in [9.17, 15) is 24.3 Å². The Hall–Kier alpha value is -2.16. The molecule has 4 atom stereocenters. The first-order valence-electron chi connectivity index (χ1n) is 9.76. The van der Waals surface area contributed by atoms with Crippen molar-refractivity contribution >= 4 is 23.7 Å². The van der Waals surface area contributed by atoms with E-state index in [2.05, 4.69) is 16.0 Å². The van der Waals surface area contributed by atoms with Crippen molar-refractivity contribution < 1.29 is 24.3 Å². The van der Waals surface area contributed by atoms with Crippen molar-refractivity contribution in [2.45, 2.75) is 72.5 Å². The van der Waals surface area contributed by atoms with Crippen LogP contribution >= 0.6 is 0 Å². The summed E-state index contributed by atoms with van der Waals surface area (Å²) in [6.45, 7) is 10.6. The Morgan fingerprint density at radius 2 is 1.54 bits per heavy atom. The predicted molar refractivity (Wildman–Crippen MR) is 106 cm³/mol. The van der Waals surface area contributed by atoms with Crippen LogP contribution in [0.1, 0.15) is 54.4 Å². The van der Waals surface area contributed by atoms with Gasteiger partial charge in [-0.3, -0.25) is 14.4 Å². The highest BCUT2D eigenvalue weighted by molar-refractivity contribution is 5.92. The Bertz CT molecular complexity index is 550. The molecule has 0 spiro atoms. The third-order valence-electron chi connectivity index (χ3n) is 4.58. The standard InChI is InChI=1S/C19H36N4O5/c1-7-12(6)16(19(27)28)23-17(25)13(8-10(2)3)22-14(24)9-21-18(26)15(20)11(4)5/h10-13,15-16H,7-9,20H2,1-6H3,(H,21,26)(H,22,24)(H,23,25)(H,27,28). The summed E-state index contributed by atoms with van der Waals surface area (Å²) >= 11 is 0. The van der Waals surface area contributed by atoms with Crippen LogP contribution < -0.4 is 21.7 Å². The maximum absolute atomic E-state index is 12.6. The Morgan fingerprint density at radius 3 is 1.96 bits per heavy atom. The number of amides is 3. The van der Waals surface area contributed by atoms with Crippen LogP contribution in [0.3, 0.4) is 0 Å². The first-order chi connectivity index (χ1) is 12.9. The van der Waals surface area contributed by atoms with E-state index in [0.29, 0.717) is 12.8 Å². The van der Waals surface area contributed by atoms with Crippen molar-refractivity contribution in [1.82, 2.24) is 16.0 Å². The van der Waals surface area contributed by atoms with Crippen LogP contribution in [0.5, 0.6) is 0 Å². The Labute approximate surface area is 167 Å². The molecule has 0 radical (unpaired) electrons. The number of nitrogens with one attached hydrogen (secondary N) is 3. The van der Waals surface area contributed by atoms with Gasteiger partial charge in [-0.05, 0) is 24.2 Å². The zero-order valence-corrected chi connectivity index (χ0v) is 17.7. The van der Waals surface area contributed by atoms with Gasteiger partial charge in [0.15, 0.2) is 0 Å². The smallest absolute Gasteiger partial charge is 0.326 e. The number of carbonyl (C=O) groups is 4. The quantitative estimate of drug-likeness (QED) is 0.316. The molecule has 0 fully saturated rings. The predicted octanol–water partition coefficient (Wildman–Crippen LogP) is 0.232. The molecule has 0 aliphatic rings. The van der Waals surface area contributed by atoms with Gasteiger partial charge in [-0.2, -0.15) is 0 Å². The lowest BCUT2D eigenvalue weighted by atomic mass is 9.97. The number of rotatable bonds is 12. The minimum atomic E-state index is -1.12. The Kier molecular flexibility index (Phi) is 11.4. The molecule has 0 aliphatic carbocycles. The second-order valence-corrected chi connectivity index (χ2v) is 7.95. The fraction of sp³-hybridized carbons (Fsp3) is 0.789. The van der Waals surface area contributed by atoms with E-state index >= 15 is 0 Å². The zero-order valence-electron chi connectivity index (χ0n) is 17.7. The molecule has 28 heavy (non-hydrogen) atoms. The van der Waals surface area contributed by atoms with Gasteiger partial charge in [0.25, 0.3) is 0 Å². The SMILES string of the molecule is CCC(C)C(NC(=O)C(CC(C)C)NC(=O)CNC(=O)C(N)C(C)C)C(=O)O. The highest BCUT2D eigenvalue weighted by atomic mass is 16.4. The van der Waals surface area contributed by atoms with Crippen LogP contribution in [-0.4, -0.2) is 53.5 Å². The number of carboxylic acid groups (broad SMARTS) is 1. The highest BCUT2D eigenvalue weighted by Gasteiger charge is 2.30. The number of hydrogen-bond acceptors (Lipinski definition) is 5. The van der Waals surface area contributed by atoms with E-state index in [1.54, 1.807) is 20.8 Å². The average Bonchev–Trinajstić information content (AvgIpc) is 2.61. The molecule has 0 aromatic rings. The van der Waals surface area contributed by atoms with Gasteiger partial charge in [-0.25, -0.2) is 4.79 Å². The van der Waals surface area contributed by atoms with E-state index in [-0.39, 0.29) is 24.3 Å². The highest BCUT2D eigenvalue weighted by Crippen LogP contribution is 2.10. The van der Waals surface area contributed by atoms with Crippen LogP contribution in [0.2, 0.25) is 0 Å². The Morgan fingerprint density at radius 1 is 0.964 bits per heavy atom. The van der Waals surface area contributed by atoms with E-state index in [1.165, 1.54) is 0 Å². The molecule has 0 aliphatic heterocycles. The van der Waals surface area contributed by atoms with Gasteiger partial charge in [0, 0.05) is 0 Å². The molecule has 162 valence electrons. The lowest BCUT2D eigenvalue weighted by Gasteiger charge is -2.25. The molecule has 0 aromatic heterocycles. The van der Waals surface area contributed by atoms with Crippen molar-refractivity contribution in [3.05, 3.63) is 0 Å². The molecule has 0 rings (SSSR count). The van der Waals surface area contributed by atoms with Gasteiger partial charge in [-0.15, -0.1) is 0 Å². The molecule has 0 bridgehead atoms. The topological polar surface area (TPSA) is 151 Å². The van der Waals surface area contributed by atoms with Gasteiger partial charge in [0.05, 0.1) is 12.6 Å². The first-order valence-corrected chi connectivity index (χ1v) is 9.76. The number of carboxylic acids is 1. The van der Waals surface area contributed by atoms with Crippen LogP contribution in [0.4, 0.5) is 0 Å². The minimum absolute atomic E-state index is 0.0731. The second-order valence-electron chi connectivity index (χ2n) is 7.95. The summed E-state index contributed by atoms with van der Waals surface area (Å²) in [5.74, 6) is -2.90. The fourth-order valence-electron chi connectivity index (χ4n) is 2.47. The van der Waals surface area contributed by atoms with Gasteiger partial charge in [-0.1, -0.05) is 48.0 Å². The van der Waals surface area contributed by atoms with Gasteiger partial charge >= 0.3 is 5.97 Å². The number of hydrogen-bond donors (Lipinski definition) is 5. The summed E-state index contributed by atoms with van der Waals surface area (Å²) in [6.07, 6.45) is 0.921. The number of carbonyl (C=O) groups excluding carboxylic acids is 3. The minimum Gasteiger partial charge on any atom is -0.480 e. The number of aliphatic carboxylic acids is 1. The normalized spacial score (nSPS) is 15.5. The summed E-state index contributed by atoms with van der Waals surface area (Å²) in [7, 11) is 0. The molecule has 0 heterocycles. The van der Waals surface area contributed by atoms with Crippen LogP contribution in [0.25, 0.3) is 0 Å². The molecular formula is C19H36N4O5. The third kappa shape index (κ3) is 9.16. The maximum atomic E-state index is 12.6. The van der Waals surface area contributed by atoms with E-state index < -0.39 is 41.8 Å². The summed E-state index contributed by atoms with van der Waals surface area (Å²) in [5, 5.41) is 16.9. The fourth-order valence-corrected chi connectivity index (χ4v) is 2.47. The molecule has 0 saturated carbocycles. The molecule has 0 aromatic carbocycles. The average molecular weight is 401 g/mol. The van der Waals surface area contributed by atoms with Gasteiger partial charge in [0.1, 0.15) is 12.1 Å². The number of nitrogens with two attached hydrogens (primary N) is 1. The van der Waals surface area contributed by atoms with Gasteiger partial charge in [0.2, 0.25) is 17.7 Å². The monoisotopic (exact) mass is 400 g/mol. The van der Waals surface area contributed by atoms with Crippen molar-refractivity contribution in [1.29, 1.82) is 0 Å². The lowest BCUT2D eigenvalue weighted by Crippen LogP contribution is -2.55. The van der Waals surface area contributed by atoms with E-state index in [1.807, 2.05) is 20.8 Å². The van der Waals surface area contributed by atoms with Crippen molar-refractivity contribution in [3.8, 4) is 0 Å². The van der Waals surface area contributed by atoms with E-state index in [0.717, 1.165) is 0 Å². The van der Waals surface area contributed by atoms with Crippen molar-refractivity contribution in [2.75, 3.05) is 6.54 Å². The lowest BCUT2D eigenvalue weighted by molar-refractivity contribution is -0.143. The zero-order chi connectivity index (χ0) is 22.0. The maximum Gasteiger partial charge on any atom is 0.326 e. The van der Waals surface area contributed by atoms with Crippen LogP contribution in [0.15, 0.2) is 0 Å². The molecule has 9 heteroatoms. The molecule has 6 N–H and O–H groups in total. The summed E-state index contributed by atoms with van der Waals surface area (Å²) < 4.78 is 0.